The van der Waals surface area contributed by atoms with Crippen molar-refractivity contribution in [1.29, 1.82) is 0 Å². The SMILES string of the molecule is COc1ccc2c(c1)OC(c1cc(C)cc(C)c1)C[C@H]2O. The lowest BCUT2D eigenvalue weighted by Crippen LogP contribution is -2.19. The van der Waals surface area contributed by atoms with Gasteiger partial charge >= 0.3 is 0 Å². The summed E-state index contributed by atoms with van der Waals surface area (Å²) in [5.41, 5.74) is 4.36. The molecular weight excluding hydrogens is 264 g/mol. The third-order valence-corrected chi connectivity index (χ3v) is 3.90. The number of methoxy groups -OCH3 is 1. The molecule has 0 bridgehead atoms. The first-order valence-electron chi connectivity index (χ1n) is 7.17. The summed E-state index contributed by atoms with van der Waals surface area (Å²) in [6, 6.07) is 11.9. The maximum Gasteiger partial charge on any atom is 0.129 e. The molecule has 1 aliphatic rings. The van der Waals surface area contributed by atoms with E-state index in [-0.39, 0.29) is 6.10 Å². The van der Waals surface area contributed by atoms with Gasteiger partial charge in [-0.25, -0.2) is 0 Å². The number of aliphatic hydroxyl groups excluding tert-OH is 1. The summed E-state index contributed by atoms with van der Waals surface area (Å²) >= 11 is 0. The van der Waals surface area contributed by atoms with Crippen molar-refractivity contribution in [2.24, 2.45) is 0 Å². The predicted molar refractivity (Wildman–Crippen MR) is 81.9 cm³/mol. The van der Waals surface area contributed by atoms with E-state index in [1.54, 1.807) is 7.11 Å². The Labute approximate surface area is 125 Å². The first-order chi connectivity index (χ1) is 10.1. The number of benzene rings is 2. The van der Waals surface area contributed by atoms with Crippen molar-refractivity contribution in [2.45, 2.75) is 32.5 Å². The molecule has 110 valence electrons. The lowest BCUT2D eigenvalue weighted by atomic mass is 9.93. The van der Waals surface area contributed by atoms with Gasteiger partial charge in [-0.1, -0.05) is 29.3 Å². The minimum atomic E-state index is -0.509. The largest absolute Gasteiger partial charge is 0.497 e. The molecule has 0 saturated carbocycles. The highest BCUT2D eigenvalue weighted by molar-refractivity contribution is 5.44. The topological polar surface area (TPSA) is 38.7 Å². The second-order valence-corrected chi connectivity index (χ2v) is 5.68. The Bertz CT molecular complexity index is 643. The standard InChI is InChI=1S/C18H20O3/c1-11-6-12(2)8-13(7-11)17-10-16(19)15-5-4-14(20-3)9-18(15)21-17/h4-9,16-17,19H,10H2,1-3H3/t16-,17?/m1/s1. The van der Waals surface area contributed by atoms with Crippen LogP contribution in [0.1, 0.15) is 40.9 Å². The molecule has 0 amide bonds. The van der Waals surface area contributed by atoms with E-state index >= 15 is 0 Å². The van der Waals surface area contributed by atoms with Gasteiger partial charge in [-0.05, 0) is 31.5 Å². The zero-order valence-corrected chi connectivity index (χ0v) is 12.6. The number of aliphatic hydroxyl groups is 1. The van der Waals surface area contributed by atoms with Gasteiger partial charge in [0, 0.05) is 18.1 Å². The van der Waals surface area contributed by atoms with E-state index in [4.69, 9.17) is 9.47 Å². The number of hydrogen-bond acceptors (Lipinski definition) is 3. The summed E-state index contributed by atoms with van der Waals surface area (Å²) in [7, 11) is 1.63. The Morgan fingerprint density at radius 2 is 1.81 bits per heavy atom. The number of ether oxygens (including phenoxy) is 2. The summed E-state index contributed by atoms with van der Waals surface area (Å²) in [5.74, 6) is 1.44. The van der Waals surface area contributed by atoms with Gasteiger partial charge in [0.2, 0.25) is 0 Å². The van der Waals surface area contributed by atoms with Crippen LogP contribution in [-0.2, 0) is 0 Å². The van der Waals surface area contributed by atoms with Crippen LogP contribution in [-0.4, -0.2) is 12.2 Å². The molecule has 21 heavy (non-hydrogen) atoms. The molecule has 3 nitrogen and oxygen atoms in total. The Hall–Kier alpha value is -2.00. The molecule has 0 fully saturated rings. The van der Waals surface area contributed by atoms with Crippen LogP contribution in [0.5, 0.6) is 11.5 Å². The molecule has 0 spiro atoms. The van der Waals surface area contributed by atoms with E-state index in [9.17, 15) is 5.11 Å². The molecule has 0 saturated heterocycles. The summed E-state index contributed by atoms with van der Waals surface area (Å²) < 4.78 is 11.3. The second-order valence-electron chi connectivity index (χ2n) is 5.68. The average Bonchev–Trinajstić information content (AvgIpc) is 2.45. The van der Waals surface area contributed by atoms with Crippen molar-refractivity contribution in [1.82, 2.24) is 0 Å². The van der Waals surface area contributed by atoms with Gasteiger partial charge in [-0.3, -0.25) is 0 Å². The highest BCUT2D eigenvalue weighted by Crippen LogP contribution is 2.42. The quantitative estimate of drug-likeness (QED) is 0.910. The maximum absolute atomic E-state index is 10.4. The molecule has 0 aromatic heterocycles. The van der Waals surface area contributed by atoms with E-state index in [0.29, 0.717) is 12.2 Å². The lowest BCUT2D eigenvalue weighted by molar-refractivity contribution is 0.0654. The van der Waals surface area contributed by atoms with Gasteiger partial charge in [0.05, 0.1) is 13.2 Å². The molecule has 2 aromatic carbocycles. The van der Waals surface area contributed by atoms with Crippen LogP contribution in [0.3, 0.4) is 0 Å². The zero-order valence-electron chi connectivity index (χ0n) is 12.6. The fourth-order valence-electron chi connectivity index (χ4n) is 2.95. The van der Waals surface area contributed by atoms with E-state index in [1.165, 1.54) is 11.1 Å². The minimum absolute atomic E-state index is 0.127. The fourth-order valence-corrected chi connectivity index (χ4v) is 2.95. The molecule has 0 radical (unpaired) electrons. The van der Waals surface area contributed by atoms with Crippen LogP contribution in [0, 0.1) is 13.8 Å². The maximum atomic E-state index is 10.4. The van der Waals surface area contributed by atoms with Crippen LogP contribution < -0.4 is 9.47 Å². The van der Waals surface area contributed by atoms with E-state index in [2.05, 4.69) is 32.0 Å². The van der Waals surface area contributed by atoms with E-state index < -0.39 is 6.10 Å². The third-order valence-electron chi connectivity index (χ3n) is 3.90. The highest BCUT2D eigenvalue weighted by atomic mass is 16.5. The van der Waals surface area contributed by atoms with Gasteiger partial charge in [-0.15, -0.1) is 0 Å². The molecule has 3 rings (SSSR count). The average molecular weight is 284 g/mol. The van der Waals surface area contributed by atoms with Crippen LogP contribution >= 0.6 is 0 Å². The van der Waals surface area contributed by atoms with Crippen molar-refractivity contribution in [3.8, 4) is 11.5 Å². The monoisotopic (exact) mass is 284 g/mol. The van der Waals surface area contributed by atoms with Gasteiger partial charge < -0.3 is 14.6 Å². The molecule has 3 heteroatoms. The Kier molecular flexibility index (Phi) is 3.60. The van der Waals surface area contributed by atoms with Crippen LogP contribution in [0.4, 0.5) is 0 Å². The van der Waals surface area contributed by atoms with Crippen molar-refractivity contribution in [2.75, 3.05) is 7.11 Å². The van der Waals surface area contributed by atoms with Gasteiger partial charge in [0.25, 0.3) is 0 Å². The van der Waals surface area contributed by atoms with Crippen molar-refractivity contribution < 1.29 is 14.6 Å². The summed E-state index contributed by atoms with van der Waals surface area (Å²) in [6.45, 7) is 4.15. The molecule has 1 heterocycles. The molecular formula is C18H20O3. The minimum Gasteiger partial charge on any atom is -0.497 e. The lowest BCUT2D eigenvalue weighted by Gasteiger charge is -2.30. The molecule has 1 N–H and O–H groups in total. The highest BCUT2D eigenvalue weighted by Gasteiger charge is 2.28. The van der Waals surface area contributed by atoms with Crippen molar-refractivity contribution in [3.05, 3.63) is 58.7 Å². The summed E-state index contributed by atoms with van der Waals surface area (Å²) in [4.78, 5) is 0. The van der Waals surface area contributed by atoms with Crippen LogP contribution in [0.25, 0.3) is 0 Å². The first-order valence-corrected chi connectivity index (χ1v) is 7.17. The molecule has 1 unspecified atom stereocenters. The predicted octanol–water partition coefficient (Wildman–Crippen LogP) is 3.87. The normalized spacial score (nSPS) is 20.6. The molecule has 2 aromatic rings. The summed E-state index contributed by atoms with van der Waals surface area (Å²) in [5, 5.41) is 10.4. The number of fused-ring (bicyclic) bond motifs is 1. The number of rotatable bonds is 2. The molecule has 2 atom stereocenters. The fraction of sp³-hybridized carbons (Fsp3) is 0.333. The summed E-state index contributed by atoms with van der Waals surface area (Å²) in [6.07, 6.45) is -0.0638. The van der Waals surface area contributed by atoms with Crippen LogP contribution in [0.15, 0.2) is 36.4 Å². The van der Waals surface area contributed by atoms with E-state index in [1.807, 2.05) is 18.2 Å². The number of hydrogen-bond donors (Lipinski definition) is 1. The van der Waals surface area contributed by atoms with Gasteiger partial charge in [0.1, 0.15) is 17.6 Å². The number of aryl methyl sites for hydroxylation is 2. The smallest absolute Gasteiger partial charge is 0.129 e. The molecule has 0 aliphatic carbocycles. The van der Waals surface area contributed by atoms with Gasteiger partial charge in [0.15, 0.2) is 0 Å². The van der Waals surface area contributed by atoms with Gasteiger partial charge in [-0.2, -0.15) is 0 Å². The van der Waals surface area contributed by atoms with Crippen molar-refractivity contribution >= 4 is 0 Å². The Morgan fingerprint density at radius 3 is 2.48 bits per heavy atom. The Balaban J connectivity index is 1.96. The zero-order chi connectivity index (χ0) is 15.0. The second kappa shape index (κ2) is 5.41. The third kappa shape index (κ3) is 2.74. The van der Waals surface area contributed by atoms with Crippen LogP contribution in [0.2, 0.25) is 0 Å². The first kappa shape index (κ1) is 14.0. The molecule has 1 aliphatic heterocycles. The van der Waals surface area contributed by atoms with E-state index in [0.717, 1.165) is 16.9 Å². The Morgan fingerprint density at radius 1 is 1.10 bits per heavy atom. The van der Waals surface area contributed by atoms with Crippen molar-refractivity contribution in [3.63, 3.8) is 0 Å².